The van der Waals surface area contributed by atoms with Gasteiger partial charge >= 0.3 is 12.1 Å². The van der Waals surface area contributed by atoms with Crippen molar-refractivity contribution in [3.05, 3.63) is 47.5 Å². The molecule has 1 rings (SSSR count). The Hall–Kier alpha value is -2.01. The lowest BCUT2D eigenvalue weighted by Gasteiger charge is -2.30. The molecule has 0 aliphatic carbocycles. The Balaban J connectivity index is 3.06. The highest BCUT2D eigenvalue weighted by Crippen LogP contribution is 2.19. The Morgan fingerprint density at radius 3 is 2.64 bits per heavy atom. The Kier molecular flexibility index (Phi) is 6.92. The van der Waals surface area contributed by atoms with Gasteiger partial charge in [0.25, 0.3) is 0 Å². The van der Waals surface area contributed by atoms with Gasteiger partial charge < -0.3 is 9.84 Å². The molecule has 0 spiro atoms. The smallest absolute Gasteiger partial charge is 0.411 e. The van der Waals surface area contributed by atoms with Crippen LogP contribution >= 0.6 is 11.6 Å². The molecule has 0 saturated carbocycles. The first kappa shape index (κ1) is 18.0. The van der Waals surface area contributed by atoms with E-state index in [1.165, 1.54) is 11.0 Å². The molecular weight excluding hydrogens is 306 g/mol. The monoisotopic (exact) mass is 325 g/mol. The van der Waals surface area contributed by atoms with Crippen molar-refractivity contribution in [3.8, 4) is 0 Å². The summed E-state index contributed by atoms with van der Waals surface area (Å²) in [5, 5.41) is 9.95. The van der Waals surface area contributed by atoms with E-state index in [-0.39, 0.29) is 19.1 Å². The molecule has 0 radical (unpaired) electrons. The molecule has 5 nitrogen and oxygen atoms in total. The van der Waals surface area contributed by atoms with Gasteiger partial charge in [-0.2, -0.15) is 0 Å². The van der Waals surface area contributed by atoms with E-state index in [1.807, 2.05) is 0 Å². The predicted molar refractivity (Wildman–Crippen MR) is 84.8 cm³/mol. The quantitative estimate of drug-likeness (QED) is 0.778. The van der Waals surface area contributed by atoms with Crippen molar-refractivity contribution in [2.24, 2.45) is 5.92 Å². The molecule has 6 heteroatoms. The van der Waals surface area contributed by atoms with Crippen LogP contribution in [0, 0.1) is 5.92 Å². The number of halogens is 1. The van der Waals surface area contributed by atoms with Crippen molar-refractivity contribution in [3.63, 3.8) is 0 Å². The molecule has 1 aromatic carbocycles. The van der Waals surface area contributed by atoms with Gasteiger partial charge in [0.15, 0.2) is 0 Å². The van der Waals surface area contributed by atoms with Crippen molar-refractivity contribution in [2.75, 3.05) is 6.61 Å². The Morgan fingerprint density at radius 2 is 2.14 bits per heavy atom. The summed E-state index contributed by atoms with van der Waals surface area (Å²) in [6.07, 6.45) is 0.738. The molecule has 0 saturated heterocycles. The molecule has 22 heavy (non-hydrogen) atoms. The number of hydrogen-bond donors (Lipinski definition) is 1. The number of ether oxygens (including phenoxy) is 1. The van der Waals surface area contributed by atoms with Crippen LogP contribution in [-0.2, 0) is 16.1 Å². The zero-order valence-corrected chi connectivity index (χ0v) is 13.4. The van der Waals surface area contributed by atoms with Gasteiger partial charge in [0.05, 0.1) is 0 Å². The van der Waals surface area contributed by atoms with Crippen LogP contribution in [-0.4, -0.2) is 34.7 Å². The molecule has 120 valence electrons. The maximum Gasteiger partial charge on any atom is 0.411 e. The minimum absolute atomic E-state index is 0.0231. The fourth-order valence-corrected chi connectivity index (χ4v) is 2.31. The van der Waals surface area contributed by atoms with Crippen LogP contribution in [0.2, 0.25) is 5.02 Å². The summed E-state index contributed by atoms with van der Waals surface area (Å²) >= 11 is 5.93. The van der Waals surface area contributed by atoms with E-state index in [9.17, 15) is 14.7 Å². The topological polar surface area (TPSA) is 66.8 Å². The minimum Gasteiger partial charge on any atom is -0.480 e. The number of carboxylic acids is 1. The van der Waals surface area contributed by atoms with E-state index in [0.29, 0.717) is 5.02 Å². The summed E-state index contributed by atoms with van der Waals surface area (Å²) < 4.78 is 5.01. The Bertz CT molecular complexity index is 545. The number of rotatable bonds is 7. The van der Waals surface area contributed by atoms with Gasteiger partial charge in [-0.05, 0) is 23.6 Å². The third kappa shape index (κ3) is 5.07. The number of carboxylic acid groups (broad SMARTS) is 1. The number of nitrogens with zero attached hydrogens (tertiary/aromatic N) is 1. The first-order chi connectivity index (χ1) is 10.4. The average molecular weight is 326 g/mol. The third-order valence-electron chi connectivity index (χ3n) is 3.02. The van der Waals surface area contributed by atoms with Crippen LogP contribution in [0.15, 0.2) is 36.9 Å². The summed E-state index contributed by atoms with van der Waals surface area (Å²) in [7, 11) is 0. The predicted octanol–water partition coefficient (Wildman–Crippen LogP) is 3.57. The average Bonchev–Trinajstić information content (AvgIpc) is 2.43. The van der Waals surface area contributed by atoms with Crippen molar-refractivity contribution in [1.82, 2.24) is 4.90 Å². The van der Waals surface area contributed by atoms with Crippen LogP contribution in [0.4, 0.5) is 4.79 Å². The van der Waals surface area contributed by atoms with Gasteiger partial charge in [-0.1, -0.05) is 50.2 Å². The number of hydrogen-bond acceptors (Lipinski definition) is 3. The highest BCUT2D eigenvalue weighted by molar-refractivity contribution is 6.30. The summed E-state index contributed by atoms with van der Waals surface area (Å²) in [6, 6.07) is 5.93. The van der Waals surface area contributed by atoms with Gasteiger partial charge in [0.2, 0.25) is 0 Å². The van der Waals surface area contributed by atoms with Crippen LogP contribution in [0.1, 0.15) is 19.4 Å². The largest absolute Gasteiger partial charge is 0.480 e. The van der Waals surface area contributed by atoms with Gasteiger partial charge in [0, 0.05) is 11.6 Å². The van der Waals surface area contributed by atoms with Crippen LogP contribution < -0.4 is 0 Å². The molecule has 1 atom stereocenters. The zero-order valence-electron chi connectivity index (χ0n) is 12.7. The molecule has 1 amide bonds. The fourth-order valence-electron chi connectivity index (χ4n) is 2.10. The maximum atomic E-state index is 12.2. The fraction of sp³-hybridized carbons (Fsp3) is 0.375. The summed E-state index contributed by atoms with van der Waals surface area (Å²) in [4.78, 5) is 24.9. The van der Waals surface area contributed by atoms with Crippen molar-refractivity contribution < 1.29 is 19.4 Å². The minimum atomic E-state index is -1.08. The van der Waals surface area contributed by atoms with Crippen LogP contribution in [0.3, 0.4) is 0 Å². The molecule has 1 aromatic rings. The second kappa shape index (κ2) is 8.44. The Labute approximate surface area is 135 Å². The molecule has 0 fully saturated rings. The van der Waals surface area contributed by atoms with E-state index in [2.05, 4.69) is 6.58 Å². The van der Waals surface area contributed by atoms with E-state index < -0.39 is 18.1 Å². The zero-order chi connectivity index (χ0) is 16.7. The van der Waals surface area contributed by atoms with Gasteiger partial charge in [-0.3, -0.25) is 4.90 Å². The summed E-state index contributed by atoms with van der Waals surface area (Å²) in [5.41, 5.74) is 0.731. The van der Waals surface area contributed by atoms with E-state index in [0.717, 1.165) is 5.56 Å². The van der Waals surface area contributed by atoms with E-state index in [4.69, 9.17) is 16.3 Å². The molecule has 0 heterocycles. The lowest BCUT2D eigenvalue weighted by atomic mass is 10.0. The molecule has 0 bridgehead atoms. The molecule has 1 N–H and O–H groups in total. The molecular formula is C16H20ClNO4. The van der Waals surface area contributed by atoms with Crippen molar-refractivity contribution >= 4 is 23.7 Å². The van der Waals surface area contributed by atoms with Crippen molar-refractivity contribution in [2.45, 2.75) is 26.4 Å². The highest BCUT2D eigenvalue weighted by atomic mass is 35.5. The molecule has 1 unspecified atom stereocenters. The lowest BCUT2D eigenvalue weighted by Crippen LogP contribution is -2.47. The molecule has 0 aliphatic rings. The molecule has 0 aliphatic heterocycles. The summed E-state index contributed by atoms with van der Waals surface area (Å²) in [6.45, 7) is 7.08. The number of carbonyl (C=O) groups is 2. The highest BCUT2D eigenvalue weighted by Gasteiger charge is 2.33. The SMILES string of the molecule is C=CCOC(=O)N(Cc1cccc(Cl)c1)C(C(=O)O)C(C)C. The number of benzene rings is 1. The number of carbonyl (C=O) groups excluding carboxylic acids is 1. The van der Waals surface area contributed by atoms with Gasteiger partial charge in [-0.25, -0.2) is 9.59 Å². The van der Waals surface area contributed by atoms with Crippen LogP contribution in [0.25, 0.3) is 0 Å². The standard InChI is InChI=1S/C16H20ClNO4/c1-4-8-22-16(21)18(14(11(2)3)15(19)20)10-12-6-5-7-13(17)9-12/h4-7,9,11,14H,1,8,10H2,2-3H3,(H,19,20). The second-order valence-electron chi connectivity index (χ2n) is 5.15. The number of amides is 1. The first-order valence-electron chi connectivity index (χ1n) is 6.88. The van der Waals surface area contributed by atoms with Gasteiger partial charge in [-0.15, -0.1) is 0 Å². The van der Waals surface area contributed by atoms with Crippen LogP contribution in [0.5, 0.6) is 0 Å². The Morgan fingerprint density at radius 1 is 1.45 bits per heavy atom. The first-order valence-corrected chi connectivity index (χ1v) is 7.26. The number of aliphatic carboxylic acids is 1. The normalized spacial score (nSPS) is 11.8. The lowest BCUT2D eigenvalue weighted by molar-refractivity contribution is -0.144. The van der Waals surface area contributed by atoms with Gasteiger partial charge in [0.1, 0.15) is 12.6 Å². The van der Waals surface area contributed by atoms with E-state index >= 15 is 0 Å². The van der Waals surface area contributed by atoms with E-state index in [1.54, 1.807) is 38.1 Å². The molecule has 0 aromatic heterocycles. The third-order valence-corrected chi connectivity index (χ3v) is 3.26. The van der Waals surface area contributed by atoms with Crippen molar-refractivity contribution in [1.29, 1.82) is 0 Å². The maximum absolute atomic E-state index is 12.2. The summed E-state index contributed by atoms with van der Waals surface area (Å²) in [5.74, 6) is -1.35. The second-order valence-corrected chi connectivity index (χ2v) is 5.59.